The van der Waals surface area contributed by atoms with Gasteiger partial charge < -0.3 is 10.1 Å². The summed E-state index contributed by atoms with van der Waals surface area (Å²) in [5.74, 6) is -0.604. The lowest BCUT2D eigenvalue weighted by molar-refractivity contribution is -0.121. The van der Waals surface area contributed by atoms with Gasteiger partial charge in [-0.3, -0.25) is 24.2 Å². The predicted octanol–water partition coefficient (Wildman–Crippen LogP) is 1.68. The molecule has 1 aromatic rings. The second kappa shape index (κ2) is 8.84. The highest BCUT2D eigenvalue weighted by atomic mass is 16.5. The molecule has 152 valence electrons. The summed E-state index contributed by atoms with van der Waals surface area (Å²) >= 11 is 0. The summed E-state index contributed by atoms with van der Waals surface area (Å²) in [6.45, 7) is 8.78. The summed E-state index contributed by atoms with van der Waals surface area (Å²) in [4.78, 5) is 40.4. The van der Waals surface area contributed by atoms with E-state index in [0.29, 0.717) is 24.1 Å². The van der Waals surface area contributed by atoms with Gasteiger partial charge in [-0.2, -0.15) is 0 Å². The average Bonchev–Trinajstić information content (AvgIpc) is 2.90. The van der Waals surface area contributed by atoms with Gasteiger partial charge >= 0.3 is 0 Å². The van der Waals surface area contributed by atoms with Crippen LogP contribution >= 0.6 is 0 Å². The van der Waals surface area contributed by atoms with E-state index in [1.807, 2.05) is 0 Å². The van der Waals surface area contributed by atoms with Crippen molar-refractivity contribution in [1.82, 2.24) is 15.1 Å². The van der Waals surface area contributed by atoms with Crippen molar-refractivity contribution < 1.29 is 19.1 Å². The maximum absolute atomic E-state index is 12.3. The Bertz CT molecular complexity index is 706. The van der Waals surface area contributed by atoms with Crippen LogP contribution in [0, 0.1) is 0 Å². The average molecular weight is 387 g/mol. The lowest BCUT2D eigenvalue weighted by atomic mass is 10.1. The van der Waals surface area contributed by atoms with Gasteiger partial charge in [0.1, 0.15) is 0 Å². The number of nitrogens with zero attached hydrogens (tertiary/aromatic N) is 2. The van der Waals surface area contributed by atoms with Crippen LogP contribution in [0.25, 0.3) is 0 Å². The van der Waals surface area contributed by atoms with Crippen molar-refractivity contribution in [2.75, 3.05) is 26.2 Å². The number of carbonyl (C=O) groups is 3. The molecular formula is C21H29N3O4. The van der Waals surface area contributed by atoms with E-state index in [2.05, 4.69) is 31.0 Å². The molecular weight excluding hydrogens is 358 g/mol. The third kappa shape index (κ3) is 4.59. The Morgan fingerprint density at radius 2 is 1.71 bits per heavy atom. The Balaban J connectivity index is 1.39. The van der Waals surface area contributed by atoms with E-state index in [1.54, 1.807) is 24.3 Å². The van der Waals surface area contributed by atoms with Crippen LogP contribution in [0.2, 0.25) is 0 Å². The van der Waals surface area contributed by atoms with Crippen molar-refractivity contribution in [3.8, 4) is 0 Å². The standard InChI is InChI=1S/C21H29N3O4/c1-14(23-12-15(2)28-16(3)13-23)11-22-19(25)9-6-10-24-20(26)17-7-4-5-8-18(17)21(24)27/h4-5,7-8,14-16H,6,9-13H2,1-3H3,(H,22,25). The highest BCUT2D eigenvalue weighted by Crippen LogP contribution is 2.22. The molecule has 0 aromatic heterocycles. The molecule has 7 nitrogen and oxygen atoms in total. The molecule has 7 heteroatoms. The number of carbonyl (C=O) groups excluding carboxylic acids is 3. The number of rotatable bonds is 7. The third-order valence-electron chi connectivity index (χ3n) is 5.33. The first-order valence-corrected chi connectivity index (χ1v) is 9.98. The topological polar surface area (TPSA) is 79.0 Å². The first-order chi connectivity index (χ1) is 13.4. The SMILES string of the molecule is CC1CN(C(C)CNC(=O)CCCN2C(=O)c3ccccc3C2=O)CC(C)O1. The lowest BCUT2D eigenvalue weighted by Crippen LogP contribution is -2.52. The minimum Gasteiger partial charge on any atom is -0.373 e. The van der Waals surface area contributed by atoms with Gasteiger partial charge in [0.15, 0.2) is 0 Å². The molecule has 2 heterocycles. The number of imide groups is 1. The monoisotopic (exact) mass is 387 g/mol. The maximum atomic E-state index is 12.3. The summed E-state index contributed by atoms with van der Waals surface area (Å²) < 4.78 is 5.75. The molecule has 3 unspecified atom stereocenters. The van der Waals surface area contributed by atoms with Crippen LogP contribution in [-0.4, -0.2) is 72.0 Å². The van der Waals surface area contributed by atoms with Gasteiger partial charge in [0.2, 0.25) is 5.91 Å². The third-order valence-corrected chi connectivity index (χ3v) is 5.33. The Labute approximate surface area is 166 Å². The van der Waals surface area contributed by atoms with Gasteiger partial charge in [0.25, 0.3) is 11.8 Å². The van der Waals surface area contributed by atoms with E-state index in [-0.39, 0.29) is 48.9 Å². The number of hydrogen-bond donors (Lipinski definition) is 1. The number of fused-ring (bicyclic) bond motifs is 1. The van der Waals surface area contributed by atoms with Crippen LogP contribution < -0.4 is 5.32 Å². The van der Waals surface area contributed by atoms with Gasteiger partial charge in [0, 0.05) is 38.6 Å². The Morgan fingerprint density at radius 3 is 2.29 bits per heavy atom. The van der Waals surface area contributed by atoms with E-state index >= 15 is 0 Å². The molecule has 1 fully saturated rings. The number of amides is 3. The number of morpholine rings is 1. The molecule has 0 radical (unpaired) electrons. The second-order valence-corrected chi connectivity index (χ2v) is 7.78. The molecule has 1 saturated heterocycles. The zero-order valence-electron chi connectivity index (χ0n) is 16.8. The Morgan fingerprint density at radius 1 is 1.14 bits per heavy atom. The van der Waals surface area contributed by atoms with Gasteiger partial charge in [-0.05, 0) is 39.3 Å². The minimum atomic E-state index is -0.273. The molecule has 2 aliphatic rings. The molecule has 0 saturated carbocycles. The van der Waals surface area contributed by atoms with Crippen LogP contribution in [0.1, 0.15) is 54.3 Å². The fourth-order valence-electron chi connectivity index (χ4n) is 3.90. The number of ether oxygens (including phenoxy) is 1. The van der Waals surface area contributed by atoms with Crippen molar-refractivity contribution in [1.29, 1.82) is 0 Å². The molecule has 0 spiro atoms. The molecule has 3 amide bonds. The smallest absolute Gasteiger partial charge is 0.261 e. The van der Waals surface area contributed by atoms with E-state index < -0.39 is 0 Å². The van der Waals surface area contributed by atoms with Crippen LogP contribution in [0.4, 0.5) is 0 Å². The quantitative estimate of drug-likeness (QED) is 0.720. The molecule has 0 aliphatic carbocycles. The normalized spacial score (nSPS) is 23.6. The fourth-order valence-corrected chi connectivity index (χ4v) is 3.90. The summed E-state index contributed by atoms with van der Waals surface area (Å²) in [5, 5.41) is 2.96. The Hall–Kier alpha value is -2.25. The van der Waals surface area contributed by atoms with Crippen LogP contribution in [0.3, 0.4) is 0 Å². The zero-order valence-corrected chi connectivity index (χ0v) is 16.8. The van der Waals surface area contributed by atoms with Gasteiger partial charge in [-0.15, -0.1) is 0 Å². The van der Waals surface area contributed by atoms with Gasteiger partial charge in [0.05, 0.1) is 23.3 Å². The van der Waals surface area contributed by atoms with E-state index in [9.17, 15) is 14.4 Å². The van der Waals surface area contributed by atoms with Crippen LogP contribution in [-0.2, 0) is 9.53 Å². The van der Waals surface area contributed by atoms with Crippen molar-refractivity contribution in [3.05, 3.63) is 35.4 Å². The highest BCUT2D eigenvalue weighted by Gasteiger charge is 2.34. The number of nitrogens with one attached hydrogen (secondary N) is 1. The lowest BCUT2D eigenvalue weighted by Gasteiger charge is -2.39. The van der Waals surface area contributed by atoms with E-state index in [4.69, 9.17) is 4.74 Å². The molecule has 1 aromatic carbocycles. The van der Waals surface area contributed by atoms with Gasteiger partial charge in [-0.25, -0.2) is 0 Å². The summed E-state index contributed by atoms with van der Waals surface area (Å²) in [5.41, 5.74) is 0.888. The van der Waals surface area contributed by atoms with Crippen molar-refractivity contribution >= 4 is 17.7 Å². The minimum absolute atomic E-state index is 0.0576. The number of hydrogen-bond acceptors (Lipinski definition) is 5. The highest BCUT2D eigenvalue weighted by molar-refractivity contribution is 6.21. The fraction of sp³-hybridized carbons (Fsp3) is 0.571. The zero-order chi connectivity index (χ0) is 20.3. The van der Waals surface area contributed by atoms with Crippen LogP contribution in [0.15, 0.2) is 24.3 Å². The number of benzene rings is 1. The Kier molecular flexibility index (Phi) is 6.46. The first kappa shape index (κ1) is 20.5. The molecule has 2 aliphatic heterocycles. The molecule has 3 rings (SSSR count). The van der Waals surface area contributed by atoms with Crippen LogP contribution in [0.5, 0.6) is 0 Å². The van der Waals surface area contributed by atoms with Crippen molar-refractivity contribution in [3.63, 3.8) is 0 Å². The van der Waals surface area contributed by atoms with E-state index in [1.165, 1.54) is 4.90 Å². The van der Waals surface area contributed by atoms with Gasteiger partial charge in [-0.1, -0.05) is 12.1 Å². The first-order valence-electron chi connectivity index (χ1n) is 9.98. The van der Waals surface area contributed by atoms with E-state index in [0.717, 1.165) is 13.1 Å². The largest absolute Gasteiger partial charge is 0.373 e. The summed E-state index contributed by atoms with van der Waals surface area (Å²) in [6, 6.07) is 7.05. The molecule has 3 atom stereocenters. The summed E-state index contributed by atoms with van der Waals surface area (Å²) in [7, 11) is 0. The molecule has 0 bridgehead atoms. The van der Waals surface area contributed by atoms with Crippen molar-refractivity contribution in [2.24, 2.45) is 0 Å². The molecule has 1 N–H and O–H groups in total. The second-order valence-electron chi connectivity index (χ2n) is 7.78. The summed E-state index contributed by atoms with van der Waals surface area (Å²) in [6.07, 6.45) is 1.14. The predicted molar refractivity (Wildman–Crippen MR) is 105 cm³/mol. The maximum Gasteiger partial charge on any atom is 0.261 e. The molecule has 28 heavy (non-hydrogen) atoms. The van der Waals surface area contributed by atoms with Crippen molar-refractivity contribution in [2.45, 2.75) is 51.9 Å².